The number of benzene rings is 1. The van der Waals surface area contributed by atoms with E-state index in [2.05, 4.69) is 10.1 Å². The molecule has 134 valence electrons. The van der Waals surface area contributed by atoms with E-state index in [1.54, 1.807) is 14.2 Å². The number of carbonyl (C=O) groups is 1. The molecule has 25 heavy (non-hydrogen) atoms. The summed E-state index contributed by atoms with van der Waals surface area (Å²) in [5.41, 5.74) is 0.991. The lowest BCUT2D eigenvalue weighted by Gasteiger charge is -2.31. The summed E-state index contributed by atoms with van der Waals surface area (Å²) in [5.74, 6) is 2.24. The summed E-state index contributed by atoms with van der Waals surface area (Å²) in [6, 6.07) is 7.75. The number of nitrogens with zero attached hydrogens (tertiary/aromatic N) is 3. The second-order valence-electron chi connectivity index (χ2n) is 6.11. The number of hydrogen-bond acceptors (Lipinski definition) is 6. The average molecular weight is 345 g/mol. The third-order valence-corrected chi connectivity index (χ3v) is 4.42. The maximum atomic E-state index is 12.3. The van der Waals surface area contributed by atoms with Gasteiger partial charge in [0.2, 0.25) is 11.8 Å². The molecule has 0 N–H and O–H groups in total. The maximum Gasteiger partial charge on any atom is 0.231 e. The van der Waals surface area contributed by atoms with Gasteiger partial charge in [-0.3, -0.25) is 4.79 Å². The summed E-state index contributed by atoms with van der Waals surface area (Å²) in [7, 11) is 3.28. The molecular weight excluding hydrogens is 322 g/mol. The molecule has 0 radical (unpaired) electrons. The Morgan fingerprint density at radius 1 is 1.32 bits per heavy atom. The summed E-state index contributed by atoms with van der Waals surface area (Å²) in [6.07, 6.45) is 1.83. The van der Waals surface area contributed by atoms with E-state index in [1.165, 1.54) is 0 Å². The van der Waals surface area contributed by atoms with Gasteiger partial charge in [-0.2, -0.15) is 4.98 Å². The van der Waals surface area contributed by atoms with Crippen LogP contribution in [-0.2, 0) is 22.5 Å². The maximum absolute atomic E-state index is 12.3. The van der Waals surface area contributed by atoms with Crippen LogP contribution in [0.3, 0.4) is 0 Å². The van der Waals surface area contributed by atoms with E-state index < -0.39 is 0 Å². The predicted octanol–water partition coefficient (Wildman–Crippen LogP) is 2.17. The molecule has 0 bridgehead atoms. The Morgan fingerprint density at radius 2 is 2.16 bits per heavy atom. The van der Waals surface area contributed by atoms with Crippen LogP contribution in [0.1, 0.15) is 36.0 Å². The number of ether oxygens (including phenoxy) is 2. The van der Waals surface area contributed by atoms with E-state index in [4.69, 9.17) is 14.0 Å². The van der Waals surface area contributed by atoms with Crippen LogP contribution in [0.25, 0.3) is 0 Å². The first-order valence-electron chi connectivity index (χ1n) is 8.42. The smallest absolute Gasteiger partial charge is 0.231 e. The number of rotatable bonds is 7. The minimum Gasteiger partial charge on any atom is -0.496 e. The molecule has 2 heterocycles. The van der Waals surface area contributed by atoms with Crippen molar-refractivity contribution in [2.24, 2.45) is 0 Å². The van der Waals surface area contributed by atoms with Crippen molar-refractivity contribution in [2.75, 3.05) is 27.4 Å². The summed E-state index contributed by atoms with van der Waals surface area (Å²) < 4.78 is 15.8. The van der Waals surface area contributed by atoms with Crippen molar-refractivity contribution in [1.29, 1.82) is 0 Å². The standard InChI is InChI=1S/C18H23N3O4/c1-23-10-9-16-19-18(25-20-16)14-7-8-17(22)21(12-14)11-13-5-3-4-6-15(13)24-2/h3-6,14H,7-12H2,1-2H3. The molecule has 3 rings (SSSR count). The van der Waals surface area contributed by atoms with Gasteiger partial charge in [-0.15, -0.1) is 0 Å². The van der Waals surface area contributed by atoms with Gasteiger partial charge in [0.25, 0.3) is 0 Å². The van der Waals surface area contributed by atoms with Crippen LogP contribution < -0.4 is 4.74 Å². The number of likely N-dealkylation sites (tertiary alicyclic amines) is 1. The summed E-state index contributed by atoms with van der Waals surface area (Å²) in [4.78, 5) is 18.6. The highest BCUT2D eigenvalue weighted by Crippen LogP contribution is 2.29. The lowest BCUT2D eigenvalue weighted by Crippen LogP contribution is -2.38. The average Bonchev–Trinajstić information content (AvgIpc) is 3.11. The quantitative estimate of drug-likeness (QED) is 0.765. The zero-order valence-electron chi connectivity index (χ0n) is 14.6. The van der Waals surface area contributed by atoms with E-state index in [0.29, 0.717) is 44.3 Å². The van der Waals surface area contributed by atoms with Crippen LogP contribution in [0.2, 0.25) is 0 Å². The number of carbonyl (C=O) groups excluding carboxylic acids is 1. The molecule has 1 unspecified atom stereocenters. The fourth-order valence-corrected chi connectivity index (χ4v) is 3.04. The molecule has 1 atom stereocenters. The molecule has 1 aromatic heterocycles. The second-order valence-corrected chi connectivity index (χ2v) is 6.11. The lowest BCUT2D eigenvalue weighted by atomic mass is 9.97. The van der Waals surface area contributed by atoms with E-state index in [9.17, 15) is 4.79 Å². The fraction of sp³-hybridized carbons (Fsp3) is 0.500. The second kappa shape index (κ2) is 8.11. The van der Waals surface area contributed by atoms with Crippen LogP contribution in [0.15, 0.2) is 28.8 Å². The Kier molecular flexibility index (Phi) is 5.65. The van der Waals surface area contributed by atoms with Gasteiger partial charge < -0.3 is 18.9 Å². The SMILES string of the molecule is COCCc1noc(C2CCC(=O)N(Cc3ccccc3OC)C2)n1. The van der Waals surface area contributed by atoms with E-state index in [-0.39, 0.29) is 11.8 Å². The van der Waals surface area contributed by atoms with Crippen LogP contribution in [0, 0.1) is 0 Å². The predicted molar refractivity (Wildman–Crippen MR) is 90.3 cm³/mol. The number of piperidine rings is 1. The normalized spacial score (nSPS) is 17.8. The Morgan fingerprint density at radius 3 is 2.96 bits per heavy atom. The molecule has 1 aromatic carbocycles. The van der Waals surface area contributed by atoms with Crippen molar-refractivity contribution in [2.45, 2.75) is 31.7 Å². The molecule has 0 saturated carbocycles. The first kappa shape index (κ1) is 17.4. The molecule has 1 aliphatic heterocycles. The van der Waals surface area contributed by atoms with Crippen LogP contribution in [0.4, 0.5) is 0 Å². The largest absolute Gasteiger partial charge is 0.496 e. The molecule has 2 aromatic rings. The third kappa shape index (κ3) is 4.17. The highest BCUT2D eigenvalue weighted by Gasteiger charge is 2.30. The monoisotopic (exact) mass is 345 g/mol. The summed E-state index contributed by atoms with van der Waals surface area (Å²) in [5, 5.41) is 3.99. The minimum atomic E-state index is 0.0659. The van der Waals surface area contributed by atoms with E-state index >= 15 is 0 Å². The van der Waals surface area contributed by atoms with Crippen LogP contribution >= 0.6 is 0 Å². The van der Waals surface area contributed by atoms with Crippen molar-refractivity contribution in [1.82, 2.24) is 15.0 Å². The molecule has 1 fully saturated rings. The van der Waals surface area contributed by atoms with Gasteiger partial charge in [0, 0.05) is 38.6 Å². The number of para-hydroxylation sites is 1. The van der Waals surface area contributed by atoms with Gasteiger partial charge >= 0.3 is 0 Å². The van der Waals surface area contributed by atoms with E-state index in [0.717, 1.165) is 17.7 Å². The molecular formula is C18H23N3O4. The Balaban J connectivity index is 1.69. The number of aromatic nitrogens is 2. The van der Waals surface area contributed by atoms with Gasteiger partial charge in [-0.25, -0.2) is 0 Å². The molecule has 1 amide bonds. The number of amides is 1. The topological polar surface area (TPSA) is 77.7 Å². The molecule has 7 nitrogen and oxygen atoms in total. The van der Waals surface area contributed by atoms with Crippen molar-refractivity contribution in [3.05, 3.63) is 41.5 Å². The summed E-state index contributed by atoms with van der Waals surface area (Å²) in [6.45, 7) is 1.65. The zero-order valence-corrected chi connectivity index (χ0v) is 14.6. The Bertz CT molecular complexity index is 716. The van der Waals surface area contributed by atoms with Crippen LogP contribution in [0.5, 0.6) is 5.75 Å². The molecule has 1 saturated heterocycles. The first-order chi connectivity index (χ1) is 12.2. The Labute approximate surface area is 146 Å². The highest BCUT2D eigenvalue weighted by atomic mass is 16.5. The van der Waals surface area contributed by atoms with E-state index in [1.807, 2.05) is 29.2 Å². The number of methoxy groups -OCH3 is 2. The van der Waals surface area contributed by atoms with Crippen molar-refractivity contribution in [3.8, 4) is 5.75 Å². The van der Waals surface area contributed by atoms with Crippen molar-refractivity contribution < 1.29 is 18.8 Å². The highest BCUT2D eigenvalue weighted by molar-refractivity contribution is 5.77. The first-order valence-corrected chi connectivity index (χ1v) is 8.42. The van der Waals surface area contributed by atoms with Crippen LogP contribution in [-0.4, -0.2) is 48.3 Å². The molecule has 0 aliphatic carbocycles. The van der Waals surface area contributed by atoms with Crippen molar-refractivity contribution in [3.63, 3.8) is 0 Å². The fourth-order valence-electron chi connectivity index (χ4n) is 3.04. The van der Waals surface area contributed by atoms with Gasteiger partial charge in [-0.05, 0) is 12.5 Å². The van der Waals surface area contributed by atoms with Gasteiger partial charge in [-0.1, -0.05) is 23.4 Å². The van der Waals surface area contributed by atoms with Crippen molar-refractivity contribution >= 4 is 5.91 Å². The van der Waals surface area contributed by atoms with Gasteiger partial charge in [0.15, 0.2) is 5.82 Å². The Hall–Kier alpha value is -2.41. The van der Waals surface area contributed by atoms with Gasteiger partial charge in [0.05, 0.1) is 19.6 Å². The summed E-state index contributed by atoms with van der Waals surface area (Å²) >= 11 is 0. The zero-order chi connectivity index (χ0) is 17.6. The minimum absolute atomic E-state index is 0.0659. The van der Waals surface area contributed by atoms with Gasteiger partial charge in [0.1, 0.15) is 5.75 Å². The third-order valence-electron chi connectivity index (χ3n) is 4.42. The molecule has 7 heteroatoms. The molecule has 1 aliphatic rings. The lowest BCUT2D eigenvalue weighted by molar-refractivity contribution is -0.134. The molecule has 0 spiro atoms. The number of hydrogen-bond donors (Lipinski definition) is 0.